The molecule has 4 atom stereocenters. The summed E-state index contributed by atoms with van der Waals surface area (Å²) < 4.78 is 5.42. The minimum Gasteiger partial charge on any atom is -0.495 e. The lowest BCUT2D eigenvalue weighted by Gasteiger charge is -2.31. The maximum Gasteiger partial charge on any atom is 0.325 e. The van der Waals surface area contributed by atoms with Gasteiger partial charge in [0.15, 0.2) is 0 Å². The molecular formula is C28H26N2O5. The van der Waals surface area contributed by atoms with Crippen molar-refractivity contribution in [3.8, 4) is 5.75 Å². The number of benzene rings is 3. The summed E-state index contributed by atoms with van der Waals surface area (Å²) in [6.07, 6.45) is 0.0610. The van der Waals surface area contributed by atoms with Gasteiger partial charge in [-0.05, 0) is 30.2 Å². The van der Waals surface area contributed by atoms with Crippen LogP contribution in [0.3, 0.4) is 0 Å². The van der Waals surface area contributed by atoms with E-state index in [4.69, 9.17) is 4.74 Å². The van der Waals surface area contributed by atoms with E-state index in [1.54, 1.807) is 24.3 Å². The van der Waals surface area contributed by atoms with Crippen LogP contribution in [0.5, 0.6) is 5.75 Å². The Bertz CT molecular complexity index is 1290. The van der Waals surface area contributed by atoms with E-state index in [1.807, 2.05) is 61.5 Å². The molecule has 0 radical (unpaired) electrons. The van der Waals surface area contributed by atoms with E-state index in [2.05, 4.69) is 5.32 Å². The molecule has 7 heteroatoms. The molecule has 0 unspecified atom stereocenters. The molecule has 2 heterocycles. The number of nitrogens with zero attached hydrogens (tertiary/aromatic N) is 1. The SMILES string of the molecule is COc1ccccc1N1C(=O)[C@H]2[C@@H](C1=O)[C@](Cc1ccccc1)(C(=O)O)N[C@H]2c1ccc(C)cc1. The highest BCUT2D eigenvalue weighted by atomic mass is 16.5. The second-order valence-corrected chi connectivity index (χ2v) is 9.16. The monoisotopic (exact) mass is 470 g/mol. The summed E-state index contributed by atoms with van der Waals surface area (Å²) in [6.45, 7) is 1.96. The minimum atomic E-state index is -1.66. The Morgan fingerprint density at radius 1 is 0.971 bits per heavy atom. The quantitative estimate of drug-likeness (QED) is 0.535. The lowest BCUT2D eigenvalue weighted by atomic mass is 9.76. The van der Waals surface area contributed by atoms with Crippen molar-refractivity contribution in [2.24, 2.45) is 11.8 Å². The van der Waals surface area contributed by atoms with Gasteiger partial charge in [0, 0.05) is 12.5 Å². The largest absolute Gasteiger partial charge is 0.495 e. The number of carboxylic acid groups (broad SMARTS) is 1. The Kier molecular flexibility index (Phi) is 5.65. The first kappa shape index (κ1) is 22.8. The fraction of sp³-hybridized carbons (Fsp3) is 0.250. The number of carbonyl (C=O) groups excluding carboxylic acids is 2. The molecule has 3 aromatic rings. The van der Waals surface area contributed by atoms with Gasteiger partial charge in [0.25, 0.3) is 0 Å². The van der Waals surface area contributed by atoms with Crippen LogP contribution in [0.1, 0.15) is 22.7 Å². The third-order valence-corrected chi connectivity index (χ3v) is 7.12. The Labute approximate surface area is 203 Å². The predicted octanol–water partition coefficient (Wildman–Crippen LogP) is 3.52. The molecule has 2 aliphatic rings. The average molecular weight is 471 g/mol. The van der Waals surface area contributed by atoms with Gasteiger partial charge >= 0.3 is 5.97 Å². The van der Waals surface area contributed by atoms with Gasteiger partial charge in [-0.25, -0.2) is 4.90 Å². The summed E-state index contributed by atoms with van der Waals surface area (Å²) in [5, 5.41) is 13.8. The third-order valence-electron chi connectivity index (χ3n) is 7.12. The topological polar surface area (TPSA) is 95.9 Å². The molecule has 0 bridgehead atoms. The molecule has 2 saturated heterocycles. The average Bonchev–Trinajstić information content (AvgIpc) is 3.34. The van der Waals surface area contributed by atoms with Crippen LogP contribution >= 0.6 is 0 Å². The van der Waals surface area contributed by atoms with Crippen molar-refractivity contribution >= 4 is 23.5 Å². The molecule has 0 aromatic heterocycles. The Hall–Kier alpha value is -3.97. The predicted molar refractivity (Wildman–Crippen MR) is 130 cm³/mol. The number of carboxylic acids is 1. The van der Waals surface area contributed by atoms with Gasteiger partial charge in [0.05, 0.1) is 24.6 Å². The van der Waals surface area contributed by atoms with Crippen LogP contribution in [0.2, 0.25) is 0 Å². The Morgan fingerprint density at radius 3 is 2.29 bits per heavy atom. The number of aryl methyl sites for hydroxylation is 1. The number of methoxy groups -OCH3 is 1. The molecule has 0 aliphatic carbocycles. The second-order valence-electron chi connectivity index (χ2n) is 9.16. The van der Waals surface area contributed by atoms with Gasteiger partial charge in [-0.3, -0.25) is 19.7 Å². The summed E-state index contributed by atoms with van der Waals surface area (Å²) in [7, 11) is 1.47. The molecule has 35 heavy (non-hydrogen) atoms. The summed E-state index contributed by atoms with van der Waals surface area (Å²) in [6, 6.07) is 22.9. The highest BCUT2D eigenvalue weighted by molar-refractivity contribution is 6.24. The molecule has 2 aliphatic heterocycles. The molecule has 3 aromatic carbocycles. The van der Waals surface area contributed by atoms with Crippen LogP contribution < -0.4 is 15.0 Å². The van der Waals surface area contributed by atoms with Crippen molar-refractivity contribution in [2.45, 2.75) is 24.9 Å². The fourth-order valence-electron chi connectivity index (χ4n) is 5.47. The molecule has 2 N–H and O–H groups in total. The van der Waals surface area contributed by atoms with Crippen LogP contribution in [0, 0.1) is 18.8 Å². The zero-order valence-corrected chi connectivity index (χ0v) is 19.5. The summed E-state index contributed by atoms with van der Waals surface area (Å²) in [5.41, 5.74) is 1.24. The lowest BCUT2D eigenvalue weighted by Crippen LogP contribution is -2.57. The van der Waals surface area contributed by atoms with Crippen molar-refractivity contribution in [2.75, 3.05) is 12.0 Å². The van der Waals surface area contributed by atoms with Crippen molar-refractivity contribution in [1.82, 2.24) is 5.32 Å². The normalized spacial score (nSPS) is 25.5. The number of carbonyl (C=O) groups is 3. The van der Waals surface area contributed by atoms with E-state index >= 15 is 0 Å². The number of nitrogens with one attached hydrogen (secondary N) is 1. The Morgan fingerprint density at radius 2 is 1.63 bits per heavy atom. The van der Waals surface area contributed by atoms with Crippen LogP contribution in [-0.2, 0) is 20.8 Å². The molecule has 2 fully saturated rings. The van der Waals surface area contributed by atoms with Crippen molar-refractivity contribution in [3.05, 3.63) is 95.6 Å². The van der Waals surface area contributed by atoms with E-state index in [0.717, 1.165) is 21.6 Å². The number of fused-ring (bicyclic) bond motifs is 1. The lowest BCUT2D eigenvalue weighted by molar-refractivity contribution is -0.148. The fourth-order valence-corrected chi connectivity index (χ4v) is 5.47. The van der Waals surface area contributed by atoms with E-state index < -0.39 is 41.2 Å². The first-order chi connectivity index (χ1) is 16.9. The first-order valence-corrected chi connectivity index (χ1v) is 11.5. The van der Waals surface area contributed by atoms with Crippen LogP contribution in [0.15, 0.2) is 78.9 Å². The minimum absolute atomic E-state index is 0.0610. The van der Waals surface area contributed by atoms with E-state index in [9.17, 15) is 19.5 Å². The van der Waals surface area contributed by atoms with Gasteiger partial charge in [0.2, 0.25) is 11.8 Å². The molecular weight excluding hydrogens is 444 g/mol. The Balaban J connectivity index is 1.67. The van der Waals surface area contributed by atoms with Crippen LogP contribution in [0.25, 0.3) is 0 Å². The highest BCUT2D eigenvalue weighted by Gasteiger charge is 2.68. The smallest absolute Gasteiger partial charge is 0.325 e. The molecule has 2 amide bonds. The van der Waals surface area contributed by atoms with Gasteiger partial charge < -0.3 is 9.84 Å². The van der Waals surface area contributed by atoms with Crippen LogP contribution in [0.4, 0.5) is 5.69 Å². The molecule has 0 spiro atoms. The van der Waals surface area contributed by atoms with Crippen molar-refractivity contribution in [1.29, 1.82) is 0 Å². The van der Waals surface area contributed by atoms with Crippen molar-refractivity contribution < 1.29 is 24.2 Å². The number of anilines is 1. The highest BCUT2D eigenvalue weighted by Crippen LogP contribution is 2.51. The van der Waals surface area contributed by atoms with E-state index in [0.29, 0.717) is 11.4 Å². The number of amides is 2. The molecule has 0 saturated carbocycles. The number of aliphatic carboxylic acids is 1. The summed E-state index contributed by atoms with van der Waals surface area (Å²) in [4.78, 5) is 41.9. The number of rotatable bonds is 6. The molecule has 5 rings (SSSR count). The van der Waals surface area contributed by atoms with Gasteiger partial charge in [-0.1, -0.05) is 72.3 Å². The van der Waals surface area contributed by atoms with E-state index in [1.165, 1.54) is 7.11 Å². The number of para-hydroxylation sites is 2. The van der Waals surface area contributed by atoms with Gasteiger partial charge in [0.1, 0.15) is 11.3 Å². The second kappa shape index (κ2) is 8.67. The number of ether oxygens (including phenoxy) is 1. The van der Waals surface area contributed by atoms with Gasteiger partial charge in [-0.2, -0.15) is 0 Å². The van der Waals surface area contributed by atoms with Gasteiger partial charge in [-0.15, -0.1) is 0 Å². The van der Waals surface area contributed by atoms with E-state index in [-0.39, 0.29) is 6.42 Å². The molecule has 178 valence electrons. The number of hydrogen-bond acceptors (Lipinski definition) is 5. The van der Waals surface area contributed by atoms with Crippen molar-refractivity contribution in [3.63, 3.8) is 0 Å². The maximum atomic E-state index is 14.0. The standard InChI is InChI=1S/C28H26N2O5/c1-17-12-14-19(15-13-17)24-22-23(28(29-24,27(33)34)16-18-8-4-3-5-9-18)26(32)30(25(22)31)20-10-6-7-11-21(20)35-2/h3-15,22-24,29H,16H2,1-2H3,(H,33,34)/t22-,23-,24-,28+/m0/s1. The van der Waals surface area contributed by atoms with Crippen LogP contribution in [-0.4, -0.2) is 35.5 Å². The molecule has 7 nitrogen and oxygen atoms in total. The zero-order chi connectivity index (χ0) is 24.7. The summed E-state index contributed by atoms with van der Waals surface area (Å²) in [5.74, 6) is -3.73. The zero-order valence-electron chi connectivity index (χ0n) is 19.5. The number of hydrogen-bond donors (Lipinski definition) is 2. The summed E-state index contributed by atoms with van der Waals surface area (Å²) >= 11 is 0. The third kappa shape index (κ3) is 3.59. The maximum absolute atomic E-state index is 14.0. The first-order valence-electron chi connectivity index (χ1n) is 11.5. The number of imide groups is 1.